The summed E-state index contributed by atoms with van der Waals surface area (Å²) in [6.07, 6.45) is -4.52. The summed E-state index contributed by atoms with van der Waals surface area (Å²) in [5.74, 6) is -0.412. The van der Waals surface area contributed by atoms with Crippen LogP contribution in [0.25, 0.3) is 11.4 Å². The number of carbonyl (C=O) groups is 1. The zero-order valence-corrected chi connectivity index (χ0v) is 10.7. The third kappa shape index (κ3) is 2.63. The van der Waals surface area contributed by atoms with Crippen molar-refractivity contribution in [3.8, 4) is 11.4 Å². The number of alkyl halides is 3. The van der Waals surface area contributed by atoms with Gasteiger partial charge in [0.05, 0.1) is 11.4 Å². The zero-order chi connectivity index (χ0) is 14.9. The van der Waals surface area contributed by atoms with Crippen LogP contribution in [0.4, 0.5) is 13.2 Å². The number of hydrogen-bond donors (Lipinski definition) is 1. The average molecular weight is 284 g/mol. The average Bonchev–Trinajstić information content (AvgIpc) is 2.80. The van der Waals surface area contributed by atoms with E-state index < -0.39 is 17.8 Å². The summed E-state index contributed by atoms with van der Waals surface area (Å²) < 4.78 is 38.9. The Morgan fingerprint density at radius 1 is 1.35 bits per heavy atom. The molecule has 0 aliphatic heterocycles. The van der Waals surface area contributed by atoms with E-state index in [4.69, 9.17) is 0 Å². The number of hydrogen-bond acceptors (Lipinski definition) is 3. The normalized spacial score (nSPS) is 11.4. The van der Waals surface area contributed by atoms with Crippen molar-refractivity contribution >= 4 is 5.91 Å². The summed E-state index contributed by atoms with van der Waals surface area (Å²) in [4.78, 5) is 15.5. The fourth-order valence-electron chi connectivity index (χ4n) is 1.68. The van der Waals surface area contributed by atoms with Gasteiger partial charge in [0, 0.05) is 14.1 Å². The van der Waals surface area contributed by atoms with E-state index in [2.05, 4.69) is 15.4 Å². The van der Waals surface area contributed by atoms with E-state index in [0.717, 1.165) is 10.7 Å². The molecule has 0 saturated carbocycles. The van der Waals surface area contributed by atoms with Gasteiger partial charge in [-0.3, -0.25) is 9.48 Å². The second-order valence-electron chi connectivity index (χ2n) is 4.02. The fourth-order valence-corrected chi connectivity index (χ4v) is 1.68. The maximum absolute atomic E-state index is 12.6. The number of nitrogens with one attached hydrogen (secondary N) is 1. The first-order valence-electron chi connectivity index (χ1n) is 5.63. The fraction of sp³-hybridized carbons (Fsp3) is 0.250. The Balaban J connectivity index is 2.47. The van der Waals surface area contributed by atoms with Crippen molar-refractivity contribution in [1.82, 2.24) is 20.1 Å². The molecule has 1 N–H and O–H groups in total. The molecule has 20 heavy (non-hydrogen) atoms. The largest absolute Gasteiger partial charge is 0.435 e. The topological polar surface area (TPSA) is 59.8 Å². The number of pyridine rings is 1. The molecule has 0 aliphatic carbocycles. The van der Waals surface area contributed by atoms with E-state index in [1.54, 1.807) is 6.07 Å². The van der Waals surface area contributed by atoms with Gasteiger partial charge >= 0.3 is 6.18 Å². The minimum Gasteiger partial charge on any atom is -0.354 e. The number of halogens is 3. The lowest BCUT2D eigenvalue weighted by atomic mass is 10.2. The number of nitrogens with zero attached hydrogens (tertiary/aromatic N) is 3. The Kier molecular flexibility index (Phi) is 3.47. The summed E-state index contributed by atoms with van der Waals surface area (Å²) in [7, 11) is 2.83. The quantitative estimate of drug-likeness (QED) is 0.915. The van der Waals surface area contributed by atoms with Crippen LogP contribution in [0.3, 0.4) is 0 Å². The Labute approximate surface area is 112 Å². The molecule has 2 rings (SSSR count). The molecule has 0 aromatic carbocycles. The van der Waals surface area contributed by atoms with E-state index in [-0.39, 0.29) is 17.1 Å². The summed E-state index contributed by atoms with van der Waals surface area (Å²) in [6.45, 7) is 0. The van der Waals surface area contributed by atoms with Crippen molar-refractivity contribution in [2.24, 2.45) is 7.05 Å². The zero-order valence-electron chi connectivity index (χ0n) is 10.7. The molecule has 0 fully saturated rings. The molecule has 2 heterocycles. The van der Waals surface area contributed by atoms with Gasteiger partial charge in [0.15, 0.2) is 5.69 Å². The molecular formula is C12H11F3N4O. The third-order valence-electron chi connectivity index (χ3n) is 2.64. The molecule has 0 bridgehead atoms. The van der Waals surface area contributed by atoms with Gasteiger partial charge < -0.3 is 5.32 Å². The van der Waals surface area contributed by atoms with Crippen LogP contribution < -0.4 is 5.32 Å². The van der Waals surface area contributed by atoms with Crippen LogP contribution in [0.1, 0.15) is 16.2 Å². The second kappa shape index (κ2) is 4.95. The standard InChI is InChI=1S/C12H11F3N4O/c1-16-11(20)8-5-3-4-7(17-8)9-6-10(12(13,14)15)18-19(9)2/h3-6H,1-2H3,(H,16,20). The van der Waals surface area contributed by atoms with Crippen LogP contribution in [0.5, 0.6) is 0 Å². The van der Waals surface area contributed by atoms with E-state index in [9.17, 15) is 18.0 Å². The van der Waals surface area contributed by atoms with Gasteiger partial charge in [-0.25, -0.2) is 4.98 Å². The van der Waals surface area contributed by atoms with Crippen LogP contribution in [-0.2, 0) is 13.2 Å². The maximum Gasteiger partial charge on any atom is 0.435 e. The maximum atomic E-state index is 12.6. The highest BCUT2D eigenvalue weighted by Gasteiger charge is 2.34. The van der Waals surface area contributed by atoms with Crippen molar-refractivity contribution in [2.75, 3.05) is 7.05 Å². The lowest BCUT2D eigenvalue weighted by Crippen LogP contribution is -2.19. The van der Waals surface area contributed by atoms with Crippen LogP contribution in [0.15, 0.2) is 24.3 Å². The van der Waals surface area contributed by atoms with Crippen molar-refractivity contribution in [2.45, 2.75) is 6.18 Å². The van der Waals surface area contributed by atoms with Crippen LogP contribution in [0.2, 0.25) is 0 Å². The van der Waals surface area contributed by atoms with Crippen LogP contribution >= 0.6 is 0 Å². The molecule has 0 atom stereocenters. The van der Waals surface area contributed by atoms with Gasteiger partial charge in [-0.15, -0.1) is 0 Å². The highest BCUT2D eigenvalue weighted by atomic mass is 19.4. The lowest BCUT2D eigenvalue weighted by Gasteiger charge is -2.03. The molecule has 8 heteroatoms. The van der Waals surface area contributed by atoms with Gasteiger partial charge in [-0.2, -0.15) is 18.3 Å². The Hall–Kier alpha value is -2.38. The SMILES string of the molecule is CNC(=O)c1cccc(-c2cc(C(F)(F)F)nn2C)n1. The van der Waals surface area contributed by atoms with Gasteiger partial charge in [0.2, 0.25) is 0 Å². The number of aryl methyl sites for hydroxylation is 1. The van der Waals surface area contributed by atoms with E-state index in [1.165, 1.54) is 26.2 Å². The van der Waals surface area contributed by atoms with Crippen molar-refractivity contribution in [3.63, 3.8) is 0 Å². The molecule has 0 aliphatic rings. The monoisotopic (exact) mass is 284 g/mol. The minimum atomic E-state index is -4.52. The van der Waals surface area contributed by atoms with Crippen molar-refractivity contribution in [3.05, 3.63) is 35.7 Å². The smallest absolute Gasteiger partial charge is 0.354 e. The Bertz CT molecular complexity index is 648. The van der Waals surface area contributed by atoms with Crippen LogP contribution in [-0.4, -0.2) is 27.7 Å². The molecule has 2 aromatic rings. The second-order valence-corrected chi connectivity index (χ2v) is 4.02. The Morgan fingerprint density at radius 3 is 2.60 bits per heavy atom. The van der Waals surface area contributed by atoms with E-state index in [0.29, 0.717) is 0 Å². The van der Waals surface area contributed by atoms with Gasteiger partial charge in [0.25, 0.3) is 5.91 Å². The summed E-state index contributed by atoms with van der Waals surface area (Å²) in [5, 5.41) is 5.80. The first kappa shape index (κ1) is 14.0. The number of carbonyl (C=O) groups excluding carboxylic acids is 1. The van der Waals surface area contributed by atoms with E-state index >= 15 is 0 Å². The van der Waals surface area contributed by atoms with Gasteiger partial charge in [0.1, 0.15) is 5.69 Å². The molecule has 2 aromatic heterocycles. The Morgan fingerprint density at radius 2 is 2.05 bits per heavy atom. The van der Waals surface area contributed by atoms with Crippen molar-refractivity contribution < 1.29 is 18.0 Å². The molecule has 0 radical (unpaired) electrons. The lowest BCUT2D eigenvalue weighted by molar-refractivity contribution is -0.141. The van der Waals surface area contributed by atoms with Crippen molar-refractivity contribution in [1.29, 1.82) is 0 Å². The summed E-state index contributed by atoms with van der Waals surface area (Å²) in [6, 6.07) is 5.44. The highest BCUT2D eigenvalue weighted by Crippen LogP contribution is 2.30. The molecular weight excluding hydrogens is 273 g/mol. The summed E-state index contributed by atoms with van der Waals surface area (Å²) >= 11 is 0. The molecule has 1 amide bonds. The molecule has 0 saturated heterocycles. The third-order valence-corrected chi connectivity index (χ3v) is 2.64. The number of aromatic nitrogens is 3. The summed E-state index contributed by atoms with van der Waals surface area (Å²) in [5.41, 5.74) is -0.443. The minimum absolute atomic E-state index is 0.125. The molecule has 5 nitrogen and oxygen atoms in total. The molecule has 0 unspecified atom stereocenters. The highest BCUT2D eigenvalue weighted by molar-refractivity contribution is 5.92. The number of rotatable bonds is 2. The number of amides is 1. The van der Waals surface area contributed by atoms with Gasteiger partial charge in [-0.05, 0) is 18.2 Å². The van der Waals surface area contributed by atoms with Gasteiger partial charge in [-0.1, -0.05) is 6.07 Å². The first-order chi connectivity index (χ1) is 9.32. The van der Waals surface area contributed by atoms with Crippen LogP contribution in [0, 0.1) is 0 Å². The predicted octanol–water partition coefficient (Wildman–Crippen LogP) is 1.86. The van der Waals surface area contributed by atoms with E-state index in [1.807, 2.05) is 0 Å². The molecule has 106 valence electrons. The predicted molar refractivity (Wildman–Crippen MR) is 64.8 cm³/mol. The molecule has 0 spiro atoms. The first-order valence-corrected chi connectivity index (χ1v) is 5.63.